The minimum Gasteiger partial charge on any atom is -0.452 e. The standard InChI is InChI=1S/C18H17N3O5/c1-20(18(23)26-2)15-9-7-14(8-10-15)19-17(22)11-6-13-4-3-5-16(12-13)21(24)25/h3-12H,1-2H3,(H,19,22)/b11-6+. The highest BCUT2D eigenvalue weighted by Crippen LogP contribution is 2.18. The molecule has 0 radical (unpaired) electrons. The number of hydrogen-bond donors (Lipinski definition) is 1. The van der Waals surface area contributed by atoms with E-state index in [0.717, 1.165) is 0 Å². The number of nitro groups is 1. The maximum atomic E-state index is 12.0. The van der Waals surface area contributed by atoms with E-state index in [-0.39, 0.29) is 11.6 Å². The summed E-state index contributed by atoms with van der Waals surface area (Å²) in [5.74, 6) is -0.384. The first-order valence-corrected chi connectivity index (χ1v) is 7.56. The molecule has 134 valence electrons. The predicted octanol–water partition coefficient (Wildman–Crippen LogP) is 3.45. The van der Waals surface area contributed by atoms with Gasteiger partial charge in [0.2, 0.25) is 5.91 Å². The molecule has 2 rings (SSSR count). The van der Waals surface area contributed by atoms with E-state index in [4.69, 9.17) is 0 Å². The molecule has 8 nitrogen and oxygen atoms in total. The maximum Gasteiger partial charge on any atom is 0.413 e. The summed E-state index contributed by atoms with van der Waals surface area (Å²) in [5.41, 5.74) is 1.66. The normalized spacial score (nSPS) is 10.4. The molecular formula is C18H17N3O5. The van der Waals surface area contributed by atoms with E-state index < -0.39 is 11.0 Å². The number of amides is 2. The summed E-state index contributed by atoms with van der Waals surface area (Å²) in [5, 5.41) is 13.4. The monoisotopic (exact) mass is 355 g/mol. The van der Waals surface area contributed by atoms with Crippen LogP contribution in [-0.4, -0.2) is 31.1 Å². The molecular weight excluding hydrogens is 338 g/mol. The largest absolute Gasteiger partial charge is 0.452 e. The number of nitrogens with zero attached hydrogens (tertiary/aromatic N) is 2. The third-order valence-corrected chi connectivity index (χ3v) is 3.48. The lowest BCUT2D eigenvalue weighted by Gasteiger charge is -2.15. The number of methoxy groups -OCH3 is 1. The Balaban J connectivity index is 2.00. The zero-order valence-corrected chi connectivity index (χ0v) is 14.2. The minimum absolute atomic E-state index is 0.0436. The summed E-state index contributed by atoms with van der Waals surface area (Å²) >= 11 is 0. The molecule has 8 heteroatoms. The molecule has 2 amide bonds. The molecule has 0 saturated carbocycles. The Hall–Kier alpha value is -3.68. The summed E-state index contributed by atoms with van der Waals surface area (Å²) in [6, 6.07) is 12.6. The van der Waals surface area contributed by atoms with Crippen LogP contribution in [-0.2, 0) is 9.53 Å². The van der Waals surface area contributed by atoms with Crippen LogP contribution < -0.4 is 10.2 Å². The van der Waals surface area contributed by atoms with E-state index in [1.54, 1.807) is 43.4 Å². The fourth-order valence-corrected chi connectivity index (χ4v) is 2.11. The number of nitrogens with one attached hydrogen (secondary N) is 1. The second-order valence-electron chi connectivity index (χ2n) is 5.25. The summed E-state index contributed by atoms with van der Waals surface area (Å²) < 4.78 is 4.62. The lowest BCUT2D eigenvalue weighted by atomic mass is 10.2. The first-order chi connectivity index (χ1) is 12.4. The van der Waals surface area contributed by atoms with Gasteiger partial charge in [0.1, 0.15) is 0 Å². The summed E-state index contributed by atoms with van der Waals surface area (Å²) in [7, 11) is 2.86. The number of anilines is 2. The quantitative estimate of drug-likeness (QED) is 0.503. The molecule has 2 aromatic carbocycles. The molecule has 0 aliphatic rings. The van der Waals surface area contributed by atoms with Crippen molar-refractivity contribution in [1.29, 1.82) is 0 Å². The van der Waals surface area contributed by atoms with Crippen LogP contribution in [0.15, 0.2) is 54.6 Å². The Labute approximate surface area is 149 Å². The number of non-ortho nitro benzene ring substituents is 1. The van der Waals surface area contributed by atoms with Gasteiger partial charge < -0.3 is 10.1 Å². The van der Waals surface area contributed by atoms with Gasteiger partial charge in [-0.05, 0) is 35.9 Å². The number of hydrogen-bond acceptors (Lipinski definition) is 5. The Bertz CT molecular complexity index is 846. The second-order valence-corrected chi connectivity index (χ2v) is 5.25. The van der Waals surface area contributed by atoms with Crippen LogP contribution in [0.5, 0.6) is 0 Å². The maximum absolute atomic E-state index is 12.0. The molecule has 0 fully saturated rings. The van der Waals surface area contributed by atoms with Crippen molar-refractivity contribution in [3.8, 4) is 0 Å². The average molecular weight is 355 g/mol. The molecule has 0 spiro atoms. The zero-order chi connectivity index (χ0) is 19.1. The highest BCUT2D eigenvalue weighted by atomic mass is 16.6. The second kappa shape index (κ2) is 8.43. The first-order valence-electron chi connectivity index (χ1n) is 7.56. The summed E-state index contributed by atoms with van der Waals surface area (Å²) in [6.45, 7) is 0. The van der Waals surface area contributed by atoms with E-state index >= 15 is 0 Å². The highest BCUT2D eigenvalue weighted by molar-refractivity contribution is 6.02. The minimum atomic E-state index is -0.498. The van der Waals surface area contributed by atoms with Crippen molar-refractivity contribution in [2.45, 2.75) is 0 Å². The molecule has 0 aromatic heterocycles. The Morgan fingerprint density at radius 1 is 1.19 bits per heavy atom. The third-order valence-electron chi connectivity index (χ3n) is 3.48. The van der Waals surface area contributed by atoms with Gasteiger partial charge in [-0.3, -0.25) is 19.8 Å². The van der Waals surface area contributed by atoms with Crippen molar-refractivity contribution in [2.24, 2.45) is 0 Å². The van der Waals surface area contributed by atoms with Crippen molar-refractivity contribution in [3.05, 3.63) is 70.3 Å². The SMILES string of the molecule is COC(=O)N(C)c1ccc(NC(=O)/C=C/c2cccc([N+](=O)[O-])c2)cc1. The van der Waals surface area contributed by atoms with Crippen LogP contribution in [0.3, 0.4) is 0 Å². The lowest BCUT2D eigenvalue weighted by Crippen LogP contribution is -2.25. The van der Waals surface area contributed by atoms with Gasteiger partial charge in [0.15, 0.2) is 0 Å². The molecule has 0 bridgehead atoms. The molecule has 0 unspecified atom stereocenters. The molecule has 0 saturated heterocycles. The molecule has 0 heterocycles. The van der Waals surface area contributed by atoms with Crippen molar-refractivity contribution in [2.75, 3.05) is 24.4 Å². The Kier molecular flexibility index (Phi) is 6.05. The van der Waals surface area contributed by atoms with E-state index in [1.807, 2.05) is 0 Å². The van der Waals surface area contributed by atoms with Gasteiger partial charge in [-0.2, -0.15) is 0 Å². The third kappa shape index (κ3) is 4.91. The number of carbonyl (C=O) groups excluding carboxylic acids is 2. The van der Waals surface area contributed by atoms with Crippen LogP contribution in [0.2, 0.25) is 0 Å². The van der Waals surface area contributed by atoms with Crippen LogP contribution in [0, 0.1) is 10.1 Å². The van der Waals surface area contributed by atoms with Crippen molar-refractivity contribution < 1.29 is 19.2 Å². The number of benzene rings is 2. The van der Waals surface area contributed by atoms with Gasteiger partial charge in [0, 0.05) is 36.6 Å². The molecule has 2 aromatic rings. The number of ether oxygens (including phenoxy) is 1. The van der Waals surface area contributed by atoms with Gasteiger partial charge in [0.25, 0.3) is 5.69 Å². The fourth-order valence-electron chi connectivity index (χ4n) is 2.11. The van der Waals surface area contributed by atoms with Crippen LogP contribution >= 0.6 is 0 Å². The van der Waals surface area contributed by atoms with Crippen LogP contribution in [0.4, 0.5) is 21.9 Å². The molecule has 0 aliphatic heterocycles. The van der Waals surface area contributed by atoms with Gasteiger partial charge in [-0.25, -0.2) is 4.79 Å². The predicted molar refractivity (Wildman–Crippen MR) is 98.0 cm³/mol. The van der Waals surface area contributed by atoms with Crippen molar-refractivity contribution >= 4 is 35.1 Å². The zero-order valence-electron chi connectivity index (χ0n) is 14.2. The molecule has 26 heavy (non-hydrogen) atoms. The highest BCUT2D eigenvalue weighted by Gasteiger charge is 2.10. The van der Waals surface area contributed by atoms with Crippen LogP contribution in [0.25, 0.3) is 6.08 Å². The molecule has 0 aliphatic carbocycles. The fraction of sp³-hybridized carbons (Fsp3) is 0.111. The summed E-state index contributed by atoms with van der Waals surface area (Å²) in [6.07, 6.45) is 2.27. The Morgan fingerprint density at radius 2 is 1.88 bits per heavy atom. The summed E-state index contributed by atoms with van der Waals surface area (Å²) in [4.78, 5) is 35.0. The molecule has 1 N–H and O–H groups in total. The van der Waals surface area contributed by atoms with E-state index in [9.17, 15) is 19.7 Å². The van der Waals surface area contributed by atoms with Crippen molar-refractivity contribution in [3.63, 3.8) is 0 Å². The smallest absolute Gasteiger partial charge is 0.413 e. The van der Waals surface area contributed by atoms with E-state index in [2.05, 4.69) is 10.1 Å². The number of carbonyl (C=O) groups is 2. The number of rotatable bonds is 5. The Morgan fingerprint density at radius 3 is 2.50 bits per heavy atom. The molecule has 0 atom stereocenters. The topological polar surface area (TPSA) is 102 Å². The van der Waals surface area contributed by atoms with Crippen molar-refractivity contribution in [1.82, 2.24) is 0 Å². The lowest BCUT2D eigenvalue weighted by molar-refractivity contribution is -0.384. The van der Waals surface area contributed by atoms with E-state index in [1.165, 1.54) is 36.3 Å². The van der Waals surface area contributed by atoms with Crippen LogP contribution in [0.1, 0.15) is 5.56 Å². The van der Waals surface area contributed by atoms with E-state index in [0.29, 0.717) is 16.9 Å². The van der Waals surface area contributed by atoms with Gasteiger partial charge in [-0.1, -0.05) is 12.1 Å². The average Bonchev–Trinajstić information content (AvgIpc) is 2.66. The van der Waals surface area contributed by atoms with Gasteiger partial charge >= 0.3 is 6.09 Å². The number of nitro benzene ring substituents is 1. The van der Waals surface area contributed by atoms with Gasteiger partial charge in [-0.15, -0.1) is 0 Å². The first kappa shape index (κ1) is 18.7. The van der Waals surface area contributed by atoms with Gasteiger partial charge in [0.05, 0.1) is 12.0 Å².